The molecule has 2 N–H and O–H groups in total. The normalized spacial score (nSPS) is 13.0. The molecule has 1 amide bonds. The standard InChI is InChI=1S/C18H18N2O3/c1-12(11-19)8-16(18(22)23)20-17(21)10-13-6-7-14-4-2-3-5-15(14)9-13/h2-7,9,12,16H,8,10H2,1H3,(H,20,21)(H,22,23)/t12-,16+/m0/s1. The molecule has 23 heavy (non-hydrogen) atoms. The van der Waals surface area contributed by atoms with Crippen LogP contribution in [-0.4, -0.2) is 23.0 Å². The highest BCUT2D eigenvalue weighted by Gasteiger charge is 2.22. The summed E-state index contributed by atoms with van der Waals surface area (Å²) in [6.07, 6.45) is 0.199. The van der Waals surface area contributed by atoms with Gasteiger partial charge in [0.2, 0.25) is 5.91 Å². The second-order valence-corrected chi connectivity index (χ2v) is 5.58. The van der Waals surface area contributed by atoms with Crippen molar-refractivity contribution in [3.8, 4) is 6.07 Å². The second-order valence-electron chi connectivity index (χ2n) is 5.58. The molecule has 2 aromatic rings. The number of nitriles is 1. The molecular weight excluding hydrogens is 292 g/mol. The van der Waals surface area contributed by atoms with Crippen molar-refractivity contribution in [2.45, 2.75) is 25.8 Å². The average Bonchev–Trinajstić information content (AvgIpc) is 2.53. The number of aliphatic carboxylic acids is 1. The van der Waals surface area contributed by atoms with Crippen molar-refractivity contribution < 1.29 is 14.7 Å². The van der Waals surface area contributed by atoms with Crippen LogP contribution in [0.15, 0.2) is 42.5 Å². The van der Waals surface area contributed by atoms with Crippen molar-refractivity contribution in [3.63, 3.8) is 0 Å². The van der Waals surface area contributed by atoms with Crippen LogP contribution in [0.25, 0.3) is 10.8 Å². The molecule has 0 aliphatic heterocycles. The lowest BCUT2D eigenvalue weighted by Gasteiger charge is -2.15. The predicted octanol–water partition coefficient (Wildman–Crippen LogP) is 2.50. The minimum absolute atomic E-state index is 0.0926. The van der Waals surface area contributed by atoms with Gasteiger partial charge in [-0.3, -0.25) is 4.79 Å². The molecule has 0 aliphatic rings. The number of nitrogens with zero attached hydrogens (tertiary/aromatic N) is 1. The number of hydrogen-bond acceptors (Lipinski definition) is 3. The Labute approximate surface area is 134 Å². The van der Waals surface area contributed by atoms with Gasteiger partial charge in [0.25, 0.3) is 0 Å². The number of benzene rings is 2. The van der Waals surface area contributed by atoms with E-state index >= 15 is 0 Å². The van der Waals surface area contributed by atoms with Crippen LogP contribution in [-0.2, 0) is 16.0 Å². The molecule has 0 radical (unpaired) electrons. The van der Waals surface area contributed by atoms with Gasteiger partial charge in [0, 0.05) is 5.92 Å². The monoisotopic (exact) mass is 310 g/mol. The maximum Gasteiger partial charge on any atom is 0.326 e. The fourth-order valence-electron chi connectivity index (χ4n) is 2.41. The Bertz CT molecular complexity index is 764. The maximum absolute atomic E-state index is 12.1. The van der Waals surface area contributed by atoms with Crippen LogP contribution < -0.4 is 5.32 Å². The van der Waals surface area contributed by atoms with Crippen molar-refractivity contribution in [1.29, 1.82) is 5.26 Å². The molecule has 0 aliphatic carbocycles. The van der Waals surface area contributed by atoms with E-state index in [-0.39, 0.29) is 18.7 Å². The van der Waals surface area contributed by atoms with Crippen molar-refractivity contribution in [1.82, 2.24) is 5.32 Å². The number of carboxylic acid groups (broad SMARTS) is 1. The first-order valence-electron chi connectivity index (χ1n) is 7.39. The predicted molar refractivity (Wildman–Crippen MR) is 86.6 cm³/mol. The van der Waals surface area contributed by atoms with Gasteiger partial charge in [-0.1, -0.05) is 42.5 Å². The van der Waals surface area contributed by atoms with E-state index in [0.29, 0.717) is 0 Å². The van der Waals surface area contributed by atoms with E-state index in [1.165, 1.54) is 0 Å². The van der Waals surface area contributed by atoms with Crippen molar-refractivity contribution in [2.75, 3.05) is 0 Å². The van der Waals surface area contributed by atoms with Crippen LogP contribution >= 0.6 is 0 Å². The van der Waals surface area contributed by atoms with Gasteiger partial charge in [0.1, 0.15) is 6.04 Å². The largest absolute Gasteiger partial charge is 0.480 e. The fraction of sp³-hybridized carbons (Fsp3) is 0.278. The molecule has 0 saturated carbocycles. The van der Waals surface area contributed by atoms with Crippen LogP contribution in [0.3, 0.4) is 0 Å². The molecule has 0 unspecified atom stereocenters. The number of carboxylic acids is 1. The van der Waals surface area contributed by atoms with E-state index in [1.54, 1.807) is 6.92 Å². The summed E-state index contributed by atoms with van der Waals surface area (Å²) >= 11 is 0. The third-order valence-electron chi connectivity index (χ3n) is 3.62. The Balaban J connectivity index is 2.04. The molecule has 2 atom stereocenters. The van der Waals surface area contributed by atoms with E-state index in [1.807, 2.05) is 48.5 Å². The first-order chi connectivity index (χ1) is 11.0. The van der Waals surface area contributed by atoms with Gasteiger partial charge in [-0.05, 0) is 29.7 Å². The van der Waals surface area contributed by atoms with Crippen molar-refractivity contribution >= 4 is 22.6 Å². The Morgan fingerprint density at radius 3 is 2.57 bits per heavy atom. The highest BCUT2D eigenvalue weighted by molar-refractivity contribution is 5.87. The third kappa shape index (κ3) is 4.55. The molecular formula is C18H18N2O3. The lowest BCUT2D eigenvalue weighted by molar-refractivity contribution is -0.142. The molecule has 118 valence electrons. The smallest absolute Gasteiger partial charge is 0.326 e. The summed E-state index contributed by atoms with van der Waals surface area (Å²) in [5.41, 5.74) is 0.818. The molecule has 2 aromatic carbocycles. The zero-order chi connectivity index (χ0) is 16.8. The minimum atomic E-state index is -1.13. The maximum atomic E-state index is 12.1. The summed E-state index contributed by atoms with van der Waals surface area (Å²) in [5.74, 6) is -1.92. The van der Waals surface area contributed by atoms with Crippen LogP contribution in [0.4, 0.5) is 0 Å². The van der Waals surface area contributed by atoms with Gasteiger partial charge in [-0.15, -0.1) is 0 Å². The summed E-state index contributed by atoms with van der Waals surface area (Å²) in [6.45, 7) is 1.63. The lowest BCUT2D eigenvalue weighted by atomic mass is 10.0. The van der Waals surface area contributed by atoms with Gasteiger partial charge in [0.15, 0.2) is 0 Å². The topological polar surface area (TPSA) is 90.2 Å². The number of carbonyl (C=O) groups excluding carboxylic acids is 1. The van der Waals surface area contributed by atoms with Crippen LogP contribution in [0, 0.1) is 17.2 Å². The van der Waals surface area contributed by atoms with Gasteiger partial charge < -0.3 is 10.4 Å². The van der Waals surface area contributed by atoms with E-state index < -0.39 is 17.9 Å². The Kier molecular flexibility index (Phi) is 5.32. The average molecular weight is 310 g/mol. The SMILES string of the molecule is C[C@H](C#N)C[C@@H](NC(=O)Cc1ccc2ccccc2c1)C(=O)O. The zero-order valence-corrected chi connectivity index (χ0v) is 12.8. The molecule has 0 fully saturated rings. The number of nitrogens with one attached hydrogen (secondary N) is 1. The lowest BCUT2D eigenvalue weighted by Crippen LogP contribution is -2.42. The van der Waals surface area contributed by atoms with Crippen molar-refractivity contribution in [2.24, 2.45) is 5.92 Å². The molecule has 0 heterocycles. The molecule has 5 nitrogen and oxygen atoms in total. The summed E-state index contributed by atoms with van der Waals surface area (Å²) in [5, 5.41) is 22.5. The van der Waals surface area contributed by atoms with E-state index in [0.717, 1.165) is 16.3 Å². The van der Waals surface area contributed by atoms with Gasteiger partial charge in [0.05, 0.1) is 12.5 Å². The van der Waals surface area contributed by atoms with Gasteiger partial charge >= 0.3 is 5.97 Å². The van der Waals surface area contributed by atoms with Gasteiger partial charge in [-0.25, -0.2) is 4.79 Å². The van der Waals surface area contributed by atoms with Crippen LogP contribution in [0.2, 0.25) is 0 Å². The first kappa shape index (κ1) is 16.5. The number of fused-ring (bicyclic) bond motifs is 1. The number of rotatable bonds is 6. The summed E-state index contributed by atoms with van der Waals surface area (Å²) in [6, 6.07) is 14.5. The molecule has 5 heteroatoms. The Morgan fingerprint density at radius 2 is 1.91 bits per heavy atom. The summed E-state index contributed by atoms with van der Waals surface area (Å²) in [7, 11) is 0. The molecule has 0 bridgehead atoms. The molecule has 0 saturated heterocycles. The second kappa shape index (κ2) is 7.41. The minimum Gasteiger partial charge on any atom is -0.480 e. The summed E-state index contributed by atoms with van der Waals surface area (Å²) in [4.78, 5) is 23.3. The van der Waals surface area contributed by atoms with Crippen molar-refractivity contribution in [3.05, 3.63) is 48.0 Å². The molecule has 0 spiro atoms. The Morgan fingerprint density at radius 1 is 1.22 bits per heavy atom. The van der Waals surface area contributed by atoms with Gasteiger partial charge in [-0.2, -0.15) is 5.26 Å². The summed E-state index contributed by atoms with van der Waals surface area (Å²) < 4.78 is 0. The fourth-order valence-corrected chi connectivity index (χ4v) is 2.41. The molecule has 2 rings (SSSR count). The molecule has 0 aromatic heterocycles. The quantitative estimate of drug-likeness (QED) is 0.857. The van der Waals surface area contributed by atoms with E-state index in [2.05, 4.69) is 5.32 Å². The third-order valence-corrected chi connectivity index (χ3v) is 3.62. The number of amides is 1. The van der Waals surface area contributed by atoms with E-state index in [4.69, 9.17) is 10.4 Å². The van der Waals surface area contributed by atoms with Crippen LogP contribution in [0.5, 0.6) is 0 Å². The first-order valence-corrected chi connectivity index (χ1v) is 7.39. The number of carbonyl (C=O) groups is 2. The number of hydrogen-bond donors (Lipinski definition) is 2. The van der Waals surface area contributed by atoms with Crippen LogP contribution in [0.1, 0.15) is 18.9 Å². The Hall–Kier alpha value is -2.87. The van der Waals surface area contributed by atoms with E-state index in [9.17, 15) is 9.59 Å². The zero-order valence-electron chi connectivity index (χ0n) is 12.8. The highest BCUT2D eigenvalue weighted by Crippen LogP contribution is 2.16. The highest BCUT2D eigenvalue weighted by atomic mass is 16.4.